The van der Waals surface area contributed by atoms with Crippen LogP contribution in [0.1, 0.15) is 12.8 Å². The predicted molar refractivity (Wildman–Crippen MR) is 142 cm³/mol. The Labute approximate surface area is 210 Å². The zero-order chi connectivity index (χ0) is 25.1. The van der Waals surface area contributed by atoms with E-state index in [1.165, 1.54) is 0 Å². The Morgan fingerprint density at radius 3 is 1.61 bits per heavy atom. The minimum Gasteiger partial charge on any atom is -0.457 e. The topological polar surface area (TPSA) is 170 Å². The quantitative estimate of drug-likeness (QED) is 0.335. The molecule has 4 atom stereocenters. The van der Waals surface area contributed by atoms with Gasteiger partial charge in [-0.05, 0) is 49.2 Å². The van der Waals surface area contributed by atoms with Crippen molar-refractivity contribution in [1.82, 2.24) is 15.0 Å². The van der Waals surface area contributed by atoms with Crippen molar-refractivity contribution < 1.29 is 4.74 Å². The molecule has 0 radical (unpaired) electrons. The maximum atomic E-state index is 6.24. The first-order valence-electron chi connectivity index (χ1n) is 12.3. The molecule has 0 bridgehead atoms. The third-order valence-corrected chi connectivity index (χ3v) is 6.30. The first kappa shape index (κ1) is 24.2. The fraction of sp³-hybridized carbons (Fsp3) is 0.400. The van der Waals surface area contributed by atoms with Crippen molar-refractivity contribution in [3.63, 3.8) is 0 Å². The summed E-state index contributed by atoms with van der Waals surface area (Å²) in [5, 5.41) is 3.30. The fourth-order valence-electron chi connectivity index (χ4n) is 4.74. The van der Waals surface area contributed by atoms with Crippen molar-refractivity contribution in [3.05, 3.63) is 54.6 Å². The number of nitrogens with zero attached hydrogens (tertiary/aromatic N) is 5. The van der Waals surface area contributed by atoms with E-state index in [1.807, 2.05) is 64.4 Å². The number of para-hydroxylation sites is 1. The van der Waals surface area contributed by atoms with E-state index in [4.69, 9.17) is 42.6 Å². The number of hydrogen-bond acceptors (Lipinski definition) is 11. The van der Waals surface area contributed by atoms with Crippen LogP contribution in [0.2, 0.25) is 0 Å². The highest BCUT2D eigenvalue weighted by Crippen LogP contribution is 2.26. The van der Waals surface area contributed by atoms with Gasteiger partial charge in [0.05, 0.1) is 0 Å². The average molecular weight is 491 g/mol. The van der Waals surface area contributed by atoms with Gasteiger partial charge in [-0.25, -0.2) is 0 Å². The average Bonchev–Trinajstić information content (AvgIpc) is 2.84. The minimum atomic E-state index is -0.0423. The van der Waals surface area contributed by atoms with Crippen LogP contribution in [-0.2, 0) is 0 Å². The molecule has 3 heterocycles. The molecule has 0 saturated carbocycles. The number of aromatic nitrogens is 3. The number of nitrogens with two attached hydrogens (primary N) is 4. The Kier molecular flexibility index (Phi) is 7.14. The number of piperidine rings is 2. The summed E-state index contributed by atoms with van der Waals surface area (Å²) < 4.78 is 5.89. The first-order valence-corrected chi connectivity index (χ1v) is 12.3. The van der Waals surface area contributed by atoms with Crippen LogP contribution in [0.5, 0.6) is 11.5 Å². The molecule has 11 heteroatoms. The van der Waals surface area contributed by atoms with Gasteiger partial charge in [0.2, 0.25) is 17.8 Å². The van der Waals surface area contributed by atoms with Gasteiger partial charge in [0.15, 0.2) is 0 Å². The Morgan fingerprint density at radius 1 is 0.639 bits per heavy atom. The summed E-state index contributed by atoms with van der Waals surface area (Å²) in [7, 11) is 0. The standard InChI is InChI=1S/C25H34N10O/c26-16-10-17(27)13-34(12-16)24-31-23(32-25(33-24)35-14-18(28)11-19(29)15-35)30-20-6-8-22(9-7-20)36-21-4-2-1-3-5-21/h1-9,16-19H,10-15,26-29H2,(H,30,31,32,33)/t16-,17+,18-,19+. The Hall–Kier alpha value is -3.51. The summed E-state index contributed by atoms with van der Waals surface area (Å²) in [6, 6.07) is 17.1. The third-order valence-electron chi connectivity index (χ3n) is 6.30. The smallest absolute Gasteiger partial charge is 0.233 e. The zero-order valence-corrected chi connectivity index (χ0v) is 20.2. The molecule has 190 valence electrons. The summed E-state index contributed by atoms with van der Waals surface area (Å²) >= 11 is 0. The number of hydrogen-bond donors (Lipinski definition) is 5. The molecule has 0 unspecified atom stereocenters. The van der Waals surface area contributed by atoms with Gasteiger partial charge in [-0.15, -0.1) is 0 Å². The van der Waals surface area contributed by atoms with Crippen LogP contribution in [0.3, 0.4) is 0 Å². The second-order valence-electron chi connectivity index (χ2n) is 9.65. The highest BCUT2D eigenvalue weighted by molar-refractivity contribution is 5.57. The molecular formula is C25H34N10O. The monoisotopic (exact) mass is 490 g/mol. The third kappa shape index (κ3) is 6.00. The van der Waals surface area contributed by atoms with Gasteiger partial charge < -0.3 is 42.8 Å². The number of rotatable bonds is 6. The lowest BCUT2D eigenvalue weighted by molar-refractivity contribution is 0.441. The largest absolute Gasteiger partial charge is 0.457 e. The summed E-state index contributed by atoms with van der Waals surface area (Å²) in [4.78, 5) is 18.2. The van der Waals surface area contributed by atoms with Gasteiger partial charge >= 0.3 is 0 Å². The molecule has 5 rings (SSSR count). The highest BCUT2D eigenvalue weighted by atomic mass is 16.5. The number of benzene rings is 2. The van der Waals surface area contributed by atoms with Gasteiger partial charge in [0.1, 0.15) is 11.5 Å². The van der Waals surface area contributed by atoms with E-state index in [9.17, 15) is 0 Å². The normalized spacial score (nSPS) is 24.4. The van der Waals surface area contributed by atoms with Crippen molar-refractivity contribution in [2.24, 2.45) is 22.9 Å². The van der Waals surface area contributed by atoms with Gasteiger partial charge in [0.25, 0.3) is 0 Å². The predicted octanol–water partition coefficient (Wildman–Crippen LogP) is 1.14. The number of ether oxygens (including phenoxy) is 1. The zero-order valence-electron chi connectivity index (χ0n) is 20.2. The lowest BCUT2D eigenvalue weighted by Crippen LogP contribution is -2.54. The van der Waals surface area contributed by atoms with Gasteiger partial charge in [0, 0.05) is 56.0 Å². The molecule has 0 aliphatic carbocycles. The van der Waals surface area contributed by atoms with E-state index >= 15 is 0 Å². The number of anilines is 4. The fourth-order valence-corrected chi connectivity index (χ4v) is 4.74. The van der Waals surface area contributed by atoms with E-state index < -0.39 is 0 Å². The van der Waals surface area contributed by atoms with E-state index in [0.717, 1.165) is 30.0 Å². The molecule has 2 aliphatic rings. The molecule has 36 heavy (non-hydrogen) atoms. The maximum absolute atomic E-state index is 6.24. The molecule has 0 spiro atoms. The Balaban J connectivity index is 1.39. The van der Waals surface area contributed by atoms with Crippen molar-refractivity contribution >= 4 is 23.5 Å². The van der Waals surface area contributed by atoms with Crippen LogP contribution >= 0.6 is 0 Å². The van der Waals surface area contributed by atoms with Crippen LogP contribution in [0.4, 0.5) is 23.5 Å². The highest BCUT2D eigenvalue weighted by Gasteiger charge is 2.28. The molecule has 2 fully saturated rings. The van der Waals surface area contributed by atoms with E-state index in [2.05, 4.69) is 5.32 Å². The lowest BCUT2D eigenvalue weighted by atomic mass is 10.0. The molecule has 2 saturated heterocycles. The molecule has 0 amide bonds. The molecule has 11 nitrogen and oxygen atoms in total. The minimum absolute atomic E-state index is 0.0423. The van der Waals surface area contributed by atoms with Crippen molar-refractivity contribution in [1.29, 1.82) is 0 Å². The van der Waals surface area contributed by atoms with Crippen LogP contribution in [0.25, 0.3) is 0 Å². The lowest BCUT2D eigenvalue weighted by Gasteiger charge is -2.37. The number of nitrogens with one attached hydrogen (secondary N) is 1. The molecule has 2 aliphatic heterocycles. The summed E-state index contributed by atoms with van der Waals surface area (Å²) in [6.45, 7) is 2.50. The van der Waals surface area contributed by atoms with Gasteiger partial charge in [-0.3, -0.25) is 0 Å². The SMILES string of the molecule is N[C@@H]1C[C@H](N)CN(c2nc(Nc3ccc(Oc4ccccc4)cc3)nc(N3C[C@H](N)C[C@H](N)C3)n2)C1. The second-order valence-corrected chi connectivity index (χ2v) is 9.65. The molecule has 1 aromatic heterocycles. The van der Waals surface area contributed by atoms with Gasteiger partial charge in [-0.2, -0.15) is 15.0 Å². The van der Waals surface area contributed by atoms with E-state index in [0.29, 0.717) is 44.0 Å². The Bertz CT molecular complexity index is 1080. The molecular weight excluding hydrogens is 456 g/mol. The molecule has 9 N–H and O–H groups in total. The van der Waals surface area contributed by atoms with Crippen LogP contribution < -0.4 is 42.8 Å². The van der Waals surface area contributed by atoms with Crippen LogP contribution in [0.15, 0.2) is 54.6 Å². The molecule has 2 aromatic carbocycles. The maximum Gasteiger partial charge on any atom is 0.233 e. The van der Waals surface area contributed by atoms with Crippen LogP contribution in [-0.4, -0.2) is 65.3 Å². The van der Waals surface area contributed by atoms with E-state index in [1.54, 1.807) is 0 Å². The Morgan fingerprint density at radius 2 is 1.11 bits per heavy atom. The van der Waals surface area contributed by atoms with E-state index in [-0.39, 0.29) is 24.2 Å². The van der Waals surface area contributed by atoms with Crippen molar-refractivity contribution in [2.45, 2.75) is 37.0 Å². The van der Waals surface area contributed by atoms with Crippen LogP contribution in [0, 0.1) is 0 Å². The van der Waals surface area contributed by atoms with Crippen molar-refractivity contribution in [2.75, 3.05) is 41.3 Å². The van der Waals surface area contributed by atoms with Crippen molar-refractivity contribution in [3.8, 4) is 11.5 Å². The summed E-state index contributed by atoms with van der Waals surface area (Å²) in [5.41, 5.74) is 25.8. The summed E-state index contributed by atoms with van der Waals surface area (Å²) in [6.07, 6.45) is 1.54. The molecule has 3 aromatic rings. The first-order chi connectivity index (χ1) is 17.4. The van der Waals surface area contributed by atoms with Gasteiger partial charge in [-0.1, -0.05) is 18.2 Å². The summed E-state index contributed by atoms with van der Waals surface area (Å²) in [5.74, 6) is 3.00. The second kappa shape index (κ2) is 10.6.